The molecule has 344 valence electrons. The molecule has 0 aromatic rings. The summed E-state index contributed by atoms with van der Waals surface area (Å²) in [6.07, 6.45) is 66.2. The summed E-state index contributed by atoms with van der Waals surface area (Å²) in [5.41, 5.74) is 0. The summed E-state index contributed by atoms with van der Waals surface area (Å²) >= 11 is 0. The van der Waals surface area contributed by atoms with E-state index in [0.717, 1.165) is 32.1 Å². The van der Waals surface area contributed by atoms with Gasteiger partial charge in [-0.1, -0.05) is 282 Å². The Morgan fingerprint density at radius 1 is 0.397 bits per heavy atom. The van der Waals surface area contributed by atoms with E-state index >= 15 is 0 Å². The Hall–Kier alpha value is -1.13. The number of aliphatic hydroxyl groups excluding tert-OH is 2. The fourth-order valence-electron chi connectivity index (χ4n) is 8.37. The highest BCUT2D eigenvalue weighted by atomic mass is 16.3. The average molecular weight is 816 g/mol. The van der Waals surface area contributed by atoms with Gasteiger partial charge in [0.15, 0.2) is 0 Å². The number of carbonyl (C=O) groups is 1. The molecule has 0 spiro atoms. The van der Waals surface area contributed by atoms with Gasteiger partial charge in [-0.25, -0.2) is 0 Å². The molecular weight excluding hydrogens is 711 g/mol. The van der Waals surface area contributed by atoms with E-state index in [2.05, 4.69) is 31.3 Å². The molecule has 2 atom stereocenters. The molecule has 0 aliphatic carbocycles. The maximum atomic E-state index is 12.4. The number of hydrogen-bond acceptors (Lipinski definition) is 3. The van der Waals surface area contributed by atoms with Crippen LogP contribution < -0.4 is 5.32 Å². The summed E-state index contributed by atoms with van der Waals surface area (Å²) in [4.78, 5) is 12.4. The minimum atomic E-state index is -0.859. The van der Waals surface area contributed by atoms with Crippen molar-refractivity contribution in [3.8, 4) is 0 Å². The summed E-state index contributed by atoms with van der Waals surface area (Å²) in [5.74, 6) is -0.0694. The van der Waals surface area contributed by atoms with Crippen LogP contribution in [0.3, 0.4) is 0 Å². The lowest BCUT2D eigenvalue weighted by Crippen LogP contribution is -2.45. The van der Waals surface area contributed by atoms with Crippen LogP contribution in [0.25, 0.3) is 0 Å². The molecule has 0 heterocycles. The van der Waals surface area contributed by atoms with Gasteiger partial charge in [0.25, 0.3) is 0 Å². The van der Waals surface area contributed by atoms with Gasteiger partial charge >= 0.3 is 0 Å². The lowest BCUT2D eigenvalue weighted by Gasteiger charge is -2.19. The van der Waals surface area contributed by atoms with Crippen molar-refractivity contribution in [3.63, 3.8) is 0 Å². The quantitative estimate of drug-likeness (QED) is 0.0423. The van der Waals surface area contributed by atoms with Gasteiger partial charge in [-0.2, -0.15) is 0 Å². The molecule has 0 fully saturated rings. The lowest BCUT2D eigenvalue weighted by atomic mass is 10.0. The van der Waals surface area contributed by atoms with Gasteiger partial charge in [-0.15, -0.1) is 0 Å². The smallest absolute Gasteiger partial charge is 0.220 e. The van der Waals surface area contributed by atoms with E-state index in [1.807, 2.05) is 6.08 Å². The minimum absolute atomic E-state index is 0.0694. The Morgan fingerprint density at radius 2 is 0.672 bits per heavy atom. The van der Waals surface area contributed by atoms with Crippen LogP contribution in [0.2, 0.25) is 0 Å². The third-order valence-corrected chi connectivity index (χ3v) is 12.4. The first-order valence-electron chi connectivity index (χ1n) is 26.6. The van der Waals surface area contributed by atoms with Gasteiger partial charge in [0.2, 0.25) is 5.91 Å². The SMILES string of the molecule is CCCCCCCCCCCCCCCCCCCCCCCCCCC/C=C/CC/C=C/C(O)C(CO)NC(=O)CCCCCCCCCCCCCCCCC. The van der Waals surface area contributed by atoms with Crippen LogP contribution in [0.4, 0.5) is 0 Å². The van der Waals surface area contributed by atoms with Crippen molar-refractivity contribution in [2.45, 2.75) is 309 Å². The van der Waals surface area contributed by atoms with Crippen molar-refractivity contribution in [2.24, 2.45) is 0 Å². The maximum absolute atomic E-state index is 12.4. The number of aliphatic hydroxyl groups is 2. The summed E-state index contributed by atoms with van der Waals surface area (Å²) in [7, 11) is 0. The predicted molar refractivity (Wildman–Crippen MR) is 258 cm³/mol. The van der Waals surface area contributed by atoms with E-state index in [-0.39, 0.29) is 12.5 Å². The maximum Gasteiger partial charge on any atom is 0.220 e. The molecule has 0 saturated heterocycles. The van der Waals surface area contributed by atoms with Crippen LogP contribution >= 0.6 is 0 Å². The first-order chi connectivity index (χ1) is 28.7. The first-order valence-corrected chi connectivity index (χ1v) is 26.6. The van der Waals surface area contributed by atoms with Crippen LogP contribution in [0.1, 0.15) is 296 Å². The number of rotatable bonds is 49. The van der Waals surface area contributed by atoms with Gasteiger partial charge in [0.1, 0.15) is 0 Å². The van der Waals surface area contributed by atoms with Crippen molar-refractivity contribution >= 4 is 5.91 Å². The summed E-state index contributed by atoms with van der Waals surface area (Å²) < 4.78 is 0. The van der Waals surface area contributed by atoms with Crippen LogP contribution in [0.15, 0.2) is 24.3 Å². The lowest BCUT2D eigenvalue weighted by molar-refractivity contribution is -0.123. The van der Waals surface area contributed by atoms with E-state index in [1.165, 1.54) is 244 Å². The Morgan fingerprint density at radius 3 is 1.00 bits per heavy atom. The fraction of sp³-hybridized carbons (Fsp3) is 0.907. The number of allylic oxidation sites excluding steroid dienone is 3. The van der Waals surface area contributed by atoms with E-state index in [4.69, 9.17) is 0 Å². The molecule has 3 N–H and O–H groups in total. The van der Waals surface area contributed by atoms with Crippen molar-refractivity contribution in [1.29, 1.82) is 0 Å². The molecular formula is C54H105NO3. The van der Waals surface area contributed by atoms with E-state index < -0.39 is 12.1 Å². The Kier molecular flexibility index (Phi) is 49.2. The molecule has 0 aliphatic rings. The highest BCUT2D eigenvalue weighted by Crippen LogP contribution is 2.17. The molecule has 0 aliphatic heterocycles. The molecule has 0 aromatic carbocycles. The first kappa shape index (κ1) is 56.9. The summed E-state index contributed by atoms with van der Waals surface area (Å²) in [5, 5.41) is 23.1. The number of hydrogen-bond donors (Lipinski definition) is 3. The van der Waals surface area contributed by atoms with Crippen LogP contribution in [-0.4, -0.2) is 34.9 Å². The second-order valence-corrected chi connectivity index (χ2v) is 18.3. The second kappa shape index (κ2) is 50.2. The van der Waals surface area contributed by atoms with Crippen molar-refractivity contribution in [1.82, 2.24) is 5.32 Å². The zero-order valence-corrected chi connectivity index (χ0v) is 39.6. The van der Waals surface area contributed by atoms with Crippen LogP contribution in [0, 0.1) is 0 Å². The second-order valence-electron chi connectivity index (χ2n) is 18.3. The topological polar surface area (TPSA) is 69.6 Å². The largest absolute Gasteiger partial charge is 0.394 e. The average Bonchev–Trinajstić information content (AvgIpc) is 3.23. The number of amides is 1. The summed E-state index contributed by atoms with van der Waals surface area (Å²) in [6, 6.07) is -0.635. The standard InChI is InChI=1S/C54H105NO3/c1-3-5-7-9-11-13-15-17-19-20-21-22-23-24-25-26-27-28-29-30-31-32-33-34-36-37-39-41-43-45-47-49-53(57)52(51-56)55-54(58)50-48-46-44-42-40-38-35-18-16-14-12-10-8-6-4-2/h39,41,47,49,52-53,56-57H,3-38,40,42-46,48,50-51H2,1-2H3,(H,55,58)/b41-39+,49-47+. The van der Waals surface area contributed by atoms with E-state index in [0.29, 0.717) is 6.42 Å². The highest BCUT2D eigenvalue weighted by molar-refractivity contribution is 5.76. The molecule has 4 heteroatoms. The molecule has 58 heavy (non-hydrogen) atoms. The van der Waals surface area contributed by atoms with E-state index in [1.54, 1.807) is 6.08 Å². The van der Waals surface area contributed by atoms with E-state index in [9.17, 15) is 15.0 Å². The van der Waals surface area contributed by atoms with Gasteiger partial charge in [-0.05, 0) is 32.1 Å². The molecule has 0 rings (SSSR count). The van der Waals surface area contributed by atoms with Gasteiger partial charge in [0.05, 0.1) is 18.8 Å². The van der Waals surface area contributed by atoms with Crippen molar-refractivity contribution in [3.05, 3.63) is 24.3 Å². The number of nitrogens with one attached hydrogen (secondary N) is 1. The Bertz CT molecular complexity index is 840. The van der Waals surface area contributed by atoms with Crippen molar-refractivity contribution < 1.29 is 15.0 Å². The normalized spacial score (nSPS) is 13.0. The van der Waals surface area contributed by atoms with Gasteiger partial charge < -0.3 is 15.5 Å². The zero-order chi connectivity index (χ0) is 42.1. The third kappa shape index (κ3) is 45.9. The monoisotopic (exact) mass is 816 g/mol. The molecule has 0 aromatic heterocycles. The Balaban J connectivity index is 3.48. The fourth-order valence-corrected chi connectivity index (χ4v) is 8.37. The van der Waals surface area contributed by atoms with Gasteiger partial charge in [0, 0.05) is 6.42 Å². The number of unbranched alkanes of at least 4 members (excludes halogenated alkanes) is 40. The molecule has 1 amide bonds. The summed E-state index contributed by atoms with van der Waals surface area (Å²) in [6.45, 7) is 4.32. The third-order valence-electron chi connectivity index (χ3n) is 12.4. The molecule has 2 unspecified atom stereocenters. The molecule has 0 bridgehead atoms. The highest BCUT2D eigenvalue weighted by Gasteiger charge is 2.18. The minimum Gasteiger partial charge on any atom is -0.394 e. The molecule has 0 radical (unpaired) electrons. The zero-order valence-electron chi connectivity index (χ0n) is 39.6. The molecule has 4 nitrogen and oxygen atoms in total. The Labute approximate surface area is 364 Å². The van der Waals surface area contributed by atoms with Crippen molar-refractivity contribution in [2.75, 3.05) is 6.61 Å². The number of carbonyl (C=O) groups excluding carboxylic acids is 1. The predicted octanol–water partition coefficient (Wildman–Crippen LogP) is 17.1. The van der Waals surface area contributed by atoms with Crippen LogP contribution in [-0.2, 0) is 4.79 Å². The van der Waals surface area contributed by atoms with Crippen LogP contribution in [0.5, 0.6) is 0 Å². The molecule has 0 saturated carbocycles. The van der Waals surface area contributed by atoms with Gasteiger partial charge in [-0.3, -0.25) is 4.79 Å².